The molecule has 0 aliphatic heterocycles. The summed E-state index contributed by atoms with van der Waals surface area (Å²) in [6, 6.07) is 5.83. The number of hydrogen-bond donors (Lipinski definition) is 1. The van der Waals surface area contributed by atoms with E-state index in [2.05, 4.69) is 5.32 Å². The Bertz CT molecular complexity index is 252. The molecule has 0 bridgehead atoms. The molecule has 0 fully saturated rings. The van der Waals surface area contributed by atoms with Crippen LogP contribution in [0.25, 0.3) is 0 Å². The molecule has 0 unspecified atom stereocenters. The van der Waals surface area contributed by atoms with Crippen LogP contribution in [0.1, 0.15) is 19.4 Å². The van der Waals surface area contributed by atoms with Crippen molar-refractivity contribution in [2.45, 2.75) is 20.4 Å². The minimum atomic E-state index is 0.813. The normalized spacial score (nSPS) is 8.87. The number of nitrogens with one attached hydrogen (secondary N) is 1. The molecule has 0 aliphatic carbocycles. The second-order valence-electron chi connectivity index (χ2n) is 2.75. The molecule has 1 N–H and O–H groups in total. The van der Waals surface area contributed by atoms with Crippen molar-refractivity contribution < 1.29 is 9.47 Å². The molecule has 0 amide bonds. The van der Waals surface area contributed by atoms with E-state index in [-0.39, 0.29) is 0 Å². The second kappa shape index (κ2) is 8.12. The molecule has 1 aromatic carbocycles. The third kappa shape index (κ3) is 4.70. The first kappa shape index (κ1) is 13.8. The van der Waals surface area contributed by atoms with Gasteiger partial charge in [-0.3, -0.25) is 0 Å². The van der Waals surface area contributed by atoms with Gasteiger partial charge in [-0.05, 0) is 24.7 Å². The van der Waals surface area contributed by atoms with Crippen LogP contribution in [0, 0.1) is 0 Å². The van der Waals surface area contributed by atoms with Crippen LogP contribution in [-0.4, -0.2) is 21.3 Å². The smallest absolute Gasteiger partial charge is 0.122 e. The Labute approximate surface area is 92.4 Å². The van der Waals surface area contributed by atoms with Gasteiger partial charge < -0.3 is 14.8 Å². The lowest BCUT2D eigenvalue weighted by Crippen LogP contribution is -2.05. The number of methoxy groups -OCH3 is 2. The predicted octanol–water partition coefficient (Wildman–Crippen LogP) is 2.45. The Balaban J connectivity index is 0.000000921. The zero-order valence-electron chi connectivity index (χ0n) is 10.3. The molecule has 0 atom stereocenters. The Morgan fingerprint density at radius 3 is 1.80 bits per heavy atom. The molecule has 0 saturated heterocycles. The van der Waals surface area contributed by atoms with E-state index >= 15 is 0 Å². The number of hydrogen-bond acceptors (Lipinski definition) is 3. The predicted molar refractivity (Wildman–Crippen MR) is 63.7 cm³/mol. The largest absolute Gasteiger partial charge is 0.497 e. The van der Waals surface area contributed by atoms with Crippen LogP contribution in [0.3, 0.4) is 0 Å². The zero-order chi connectivity index (χ0) is 11.7. The minimum absolute atomic E-state index is 0.813. The highest BCUT2D eigenvalue weighted by Crippen LogP contribution is 2.22. The number of benzene rings is 1. The Morgan fingerprint density at radius 1 is 1.00 bits per heavy atom. The van der Waals surface area contributed by atoms with Crippen molar-refractivity contribution in [2.24, 2.45) is 0 Å². The molecule has 0 aliphatic rings. The molecule has 15 heavy (non-hydrogen) atoms. The summed E-state index contributed by atoms with van der Waals surface area (Å²) in [5, 5.41) is 3.08. The van der Waals surface area contributed by atoms with Gasteiger partial charge in [0.25, 0.3) is 0 Å². The molecule has 0 aromatic heterocycles. The van der Waals surface area contributed by atoms with Gasteiger partial charge >= 0.3 is 0 Å². The van der Waals surface area contributed by atoms with Gasteiger partial charge in [0.15, 0.2) is 0 Å². The van der Waals surface area contributed by atoms with Gasteiger partial charge in [0.2, 0.25) is 0 Å². The summed E-state index contributed by atoms with van der Waals surface area (Å²) in [6.07, 6.45) is 0. The van der Waals surface area contributed by atoms with Crippen molar-refractivity contribution >= 4 is 0 Å². The fourth-order valence-corrected chi connectivity index (χ4v) is 1.17. The second-order valence-corrected chi connectivity index (χ2v) is 2.75. The van der Waals surface area contributed by atoms with Gasteiger partial charge in [-0.1, -0.05) is 13.8 Å². The molecule has 0 radical (unpaired) electrons. The first-order chi connectivity index (χ1) is 7.30. The van der Waals surface area contributed by atoms with Crippen LogP contribution in [0.4, 0.5) is 0 Å². The molecule has 3 heteroatoms. The van der Waals surface area contributed by atoms with E-state index < -0.39 is 0 Å². The van der Waals surface area contributed by atoms with E-state index in [4.69, 9.17) is 9.47 Å². The summed E-state index contributed by atoms with van der Waals surface area (Å²) in [5.74, 6) is 1.65. The highest BCUT2D eigenvalue weighted by atomic mass is 16.5. The topological polar surface area (TPSA) is 30.5 Å². The van der Waals surface area contributed by atoms with Gasteiger partial charge in [-0.15, -0.1) is 0 Å². The van der Waals surface area contributed by atoms with Gasteiger partial charge in [0.1, 0.15) is 11.5 Å². The van der Waals surface area contributed by atoms with E-state index in [1.54, 1.807) is 14.2 Å². The van der Waals surface area contributed by atoms with Crippen LogP contribution in [0.2, 0.25) is 0 Å². The molecule has 0 saturated carbocycles. The lowest BCUT2D eigenvalue weighted by Gasteiger charge is -2.07. The van der Waals surface area contributed by atoms with Crippen molar-refractivity contribution in [1.29, 1.82) is 0 Å². The van der Waals surface area contributed by atoms with E-state index in [1.807, 2.05) is 39.1 Å². The van der Waals surface area contributed by atoms with Crippen molar-refractivity contribution in [1.82, 2.24) is 5.32 Å². The number of ether oxygens (including phenoxy) is 2. The molecule has 1 aromatic rings. The highest BCUT2D eigenvalue weighted by molar-refractivity contribution is 5.38. The maximum Gasteiger partial charge on any atom is 0.122 e. The molecular weight excluding hydrogens is 190 g/mol. The third-order valence-electron chi connectivity index (χ3n) is 1.79. The van der Waals surface area contributed by atoms with Crippen LogP contribution < -0.4 is 14.8 Å². The van der Waals surface area contributed by atoms with E-state index in [1.165, 1.54) is 0 Å². The van der Waals surface area contributed by atoms with E-state index in [9.17, 15) is 0 Å². The average Bonchev–Trinajstić information content (AvgIpc) is 2.31. The molecular formula is C12H21NO2. The van der Waals surface area contributed by atoms with E-state index in [0.29, 0.717) is 0 Å². The van der Waals surface area contributed by atoms with Crippen LogP contribution in [0.15, 0.2) is 18.2 Å². The Morgan fingerprint density at radius 2 is 1.47 bits per heavy atom. The first-order valence-electron chi connectivity index (χ1n) is 5.16. The minimum Gasteiger partial charge on any atom is -0.497 e. The standard InChI is InChI=1S/C10H15NO2.C2H6/c1-11-7-8-4-9(12-2)6-10(5-8)13-3;1-2/h4-6,11H,7H2,1-3H3;1-2H3. The van der Waals surface area contributed by atoms with Crippen LogP contribution >= 0.6 is 0 Å². The van der Waals surface area contributed by atoms with Gasteiger partial charge in [-0.2, -0.15) is 0 Å². The highest BCUT2D eigenvalue weighted by Gasteiger charge is 2.00. The van der Waals surface area contributed by atoms with Crippen molar-refractivity contribution in [3.05, 3.63) is 23.8 Å². The fourth-order valence-electron chi connectivity index (χ4n) is 1.17. The summed E-state index contributed by atoms with van der Waals surface area (Å²) in [6.45, 7) is 4.81. The van der Waals surface area contributed by atoms with Crippen LogP contribution in [0.5, 0.6) is 11.5 Å². The summed E-state index contributed by atoms with van der Waals surface area (Å²) in [4.78, 5) is 0. The number of rotatable bonds is 4. The maximum atomic E-state index is 5.14. The molecule has 86 valence electrons. The zero-order valence-corrected chi connectivity index (χ0v) is 10.3. The van der Waals surface area contributed by atoms with Crippen molar-refractivity contribution in [3.63, 3.8) is 0 Å². The molecule has 0 heterocycles. The maximum absolute atomic E-state index is 5.14. The quantitative estimate of drug-likeness (QED) is 0.829. The summed E-state index contributed by atoms with van der Waals surface area (Å²) >= 11 is 0. The fraction of sp³-hybridized carbons (Fsp3) is 0.500. The third-order valence-corrected chi connectivity index (χ3v) is 1.79. The first-order valence-corrected chi connectivity index (χ1v) is 5.16. The molecule has 3 nitrogen and oxygen atoms in total. The van der Waals surface area contributed by atoms with Gasteiger partial charge in [0.05, 0.1) is 14.2 Å². The van der Waals surface area contributed by atoms with E-state index in [0.717, 1.165) is 23.6 Å². The van der Waals surface area contributed by atoms with Gasteiger partial charge in [-0.25, -0.2) is 0 Å². The lowest BCUT2D eigenvalue weighted by molar-refractivity contribution is 0.393. The Hall–Kier alpha value is -1.22. The summed E-state index contributed by atoms with van der Waals surface area (Å²) in [7, 11) is 5.21. The molecule has 0 spiro atoms. The molecule has 1 rings (SSSR count). The summed E-state index contributed by atoms with van der Waals surface area (Å²) < 4.78 is 10.3. The van der Waals surface area contributed by atoms with Crippen LogP contribution in [-0.2, 0) is 6.54 Å². The van der Waals surface area contributed by atoms with Crippen molar-refractivity contribution in [2.75, 3.05) is 21.3 Å². The van der Waals surface area contributed by atoms with Gasteiger partial charge in [0, 0.05) is 12.6 Å². The SMILES string of the molecule is CC.CNCc1cc(OC)cc(OC)c1. The summed E-state index contributed by atoms with van der Waals surface area (Å²) in [5.41, 5.74) is 1.15. The van der Waals surface area contributed by atoms with Crippen molar-refractivity contribution in [3.8, 4) is 11.5 Å². The Kier molecular flexibility index (Phi) is 7.46. The lowest BCUT2D eigenvalue weighted by atomic mass is 10.2. The average molecular weight is 211 g/mol. The monoisotopic (exact) mass is 211 g/mol.